The molecule has 0 saturated heterocycles. The van der Waals surface area contributed by atoms with Crippen LogP contribution in [0, 0.1) is 0 Å². The molecule has 9 heteroatoms. The minimum atomic E-state index is -1.02. The van der Waals surface area contributed by atoms with Crippen LogP contribution >= 0.6 is 39.1 Å². The first-order chi connectivity index (χ1) is 15.3. The second-order valence-corrected chi connectivity index (χ2v) is 8.34. The molecule has 0 unspecified atom stereocenters. The van der Waals surface area contributed by atoms with E-state index in [4.69, 9.17) is 37.4 Å². The van der Waals surface area contributed by atoms with Gasteiger partial charge in [-0.15, -0.1) is 0 Å². The average Bonchev–Trinajstić information content (AvgIpc) is 2.78. The number of hydrogen-bond acceptors (Lipinski definition) is 5. The number of carboxylic acid groups (broad SMARTS) is 1. The number of ether oxygens (including phenoxy) is 3. The highest BCUT2D eigenvalue weighted by atomic mass is 79.9. The van der Waals surface area contributed by atoms with Crippen molar-refractivity contribution in [3.05, 3.63) is 79.7 Å². The third kappa shape index (κ3) is 5.59. The monoisotopic (exact) mass is 539 g/mol. The number of rotatable bonds is 9. The van der Waals surface area contributed by atoms with E-state index in [9.17, 15) is 9.90 Å². The van der Waals surface area contributed by atoms with Gasteiger partial charge in [0.05, 0.1) is 35.5 Å². The first-order valence-corrected chi connectivity index (χ1v) is 11.0. The molecule has 2 N–H and O–H groups in total. The van der Waals surface area contributed by atoms with E-state index in [1.807, 2.05) is 12.1 Å². The lowest BCUT2D eigenvalue weighted by Gasteiger charge is -2.18. The van der Waals surface area contributed by atoms with Crippen LogP contribution in [0.4, 0.5) is 5.69 Å². The van der Waals surface area contributed by atoms with Gasteiger partial charge in [-0.3, -0.25) is 0 Å². The van der Waals surface area contributed by atoms with Crippen LogP contribution in [0.5, 0.6) is 17.2 Å². The number of anilines is 1. The minimum Gasteiger partial charge on any atom is -0.495 e. The van der Waals surface area contributed by atoms with Gasteiger partial charge in [-0.2, -0.15) is 0 Å². The molecule has 0 aliphatic heterocycles. The van der Waals surface area contributed by atoms with Crippen molar-refractivity contribution in [1.82, 2.24) is 0 Å². The van der Waals surface area contributed by atoms with Crippen molar-refractivity contribution in [2.24, 2.45) is 0 Å². The van der Waals surface area contributed by atoms with Crippen LogP contribution in [-0.4, -0.2) is 25.3 Å². The van der Waals surface area contributed by atoms with Gasteiger partial charge >= 0.3 is 5.97 Å². The van der Waals surface area contributed by atoms with Crippen LogP contribution in [0.25, 0.3) is 0 Å². The SMILES string of the molecule is COc1ccc(C(=O)O)cc1NCc1c(Br)ccc(OC)c1OCc1ccc(Cl)c(Cl)c1. The average molecular weight is 541 g/mol. The summed E-state index contributed by atoms with van der Waals surface area (Å²) in [5.74, 6) is 0.585. The predicted molar refractivity (Wildman–Crippen MR) is 129 cm³/mol. The van der Waals surface area contributed by atoms with E-state index in [-0.39, 0.29) is 12.2 Å². The zero-order chi connectivity index (χ0) is 23.3. The molecule has 0 fully saturated rings. The molecule has 32 heavy (non-hydrogen) atoms. The lowest BCUT2D eigenvalue weighted by Crippen LogP contribution is -2.08. The van der Waals surface area contributed by atoms with Crippen LogP contribution in [0.15, 0.2) is 53.0 Å². The first kappa shape index (κ1) is 24.0. The largest absolute Gasteiger partial charge is 0.495 e. The van der Waals surface area contributed by atoms with Crippen molar-refractivity contribution in [2.75, 3.05) is 19.5 Å². The number of methoxy groups -OCH3 is 2. The Kier molecular flexibility index (Phi) is 8.12. The van der Waals surface area contributed by atoms with E-state index in [2.05, 4.69) is 21.2 Å². The molecule has 3 rings (SSSR count). The third-order valence-corrected chi connectivity index (χ3v) is 6.14. The molecule has 3 aromatic carbocycles. The Balaban J connectivity index is 1.89. The molecule has 0 aromatic heterocycles. The Morgan fingerprint density at radius 2 is 1.72 bits per heavy atom. The maximum Gasteiger partial charge on any atom is 0.335 e. The fourth-order valence-corrected chi connectivity index (χ4v) is 3.79. The lowest BCUT2D eigenvalue weighted by molar-refractivity contribution is 0.0697. The van der Waals surface area contributed by atoms with E-state index in [0.29, 0.717) is 39.5 Å². The van der Waals surface area contributed by atoms with E-state index >= 15 is 0 Å². The van der Waals surface area contributed by atoms with Gasteiger partial charge in [-0.25, -0.2) is 4.79 Å². The van der Waals surface area contributed by atoms with Crippen LogP contribution in [0.2, 0.25) is 10.0 Å². The molecule has 0 amide bonds. The van der Waals surface area contributed by atoms with Crippen LogP contribution in [0.1, 0.15) is 21.5 Å². The Bertz CT molecular complexity index is 1140. The molecule has 0 radical (unpaired) electrons. The molecule has 0 heterocycles. The molecular weight excluding hydrogens is 521 g/mol. The third-order valence-electron chi connectivity index (χ3n) is 4.66. The Labute approximate surface area is 204 Å². The van der Waals surface area contributed by atoms with Crippen molar-refractivity contribution in [2.45, 2.75) is 13.2 Å². The Morgan fingerprint density at radius 1 is 1.00 bits per heavy atom. The molecule has 0 atom stereocenters. The number of aromatic carboxylic acids is 1. The molecule has 6 nitrogen and oxygen atoms in total. The van der Waals surface area contributed by atoms with Gasteiger partial charge in [-0.1, -0.05) is 45.2 Å². The summed E-state index contributed by atoms with van der Waals surface area (Å²) in [6.45, 7) is 0.558. The zero-order valence-electron chi connectivity index (χ0n) is 17.2. The highest BCUT2D eigenvalue weighted by Gasteiger charge is 2.17. The summed E-state index contributed by atoms with van der Waals surface area (Å²) >= 11 is 15.7. The number of benzene rings is 3. The fourth-order valence-electron chi connectivity index (χ4n) is 3.01. The normalized spacial score (nSPS) is 10.5. The van der Waals surface area contributed by atoms with Crippen molar-refractivity contribution in [3.63, 3.8) is 0 Å². The van der Waals surface area contributed by atoms with Gasteiger partial charge in [0.25, 0.3) is 0 Å². The smallest absolute Gasteiger partial charge is 0.335 e. The van der Waals surface area contributed by atoms with Crippen LogP contribution in [-0.2, 0) is 13.2 Å². The van der Waals surface area contributed by atoms with Crippen LogP contribution < -0.4 is 19.5 Å². The maximum absolute atomic E-state index is 11.4. The van der Waals surface area contributed by atoms with Gasteiger partial charge in [0.2, 0.25) is 0 Å². The second kappa shape index (κ2) is 10.8. The van der Waals surface area contributed by atoms with Gasteiger partial charge in [-0.05, 0) is 48.0 Å². The number of nitrogens with one attached hydrogen (secondary N) is 1. The van der Waals surface area contributed by atoms with Crippen molar-refractivity contribution >= 4 is 50.8 Å². The topological polar surface area (TPSA) is 77.0 Å². The quantitative estimate of drug-likeness (QED) is 0.316. The van der Waals surface area contributed by atoms with Crippen molar-refractivity contribution in [1.29, 1.82) is 0 Å². The molecule has 0 bridgehead atoms. The zero-order valence-corrected chi connectivity index (χ0v) is 20.3. The highest BCUT2D eigenvalue weighted by Crippen LogP contribution is 2.38. The Morgan fingerprint density at radius 3 is 2.38 bits per heavy atom. The van der Waals surface area contributed by atoms with Crippen molar-refractivity contribution in [3.8, 4) is 17.2 Å². The summed E-state index contributed by atoms with van der Waals surface area (Å²) in [5.41, 5.74) is 2.31. The summed E-state index contributed by atoms with van der Waals surface area (Å²) in [4.78, 5) is 11.4. The van der Waals surface area contributed by atoms with E-state index in [1.165, 1.54) is 19.2 Å². The van der Waals surface area contributed by atoms with Gasteiger partial charge < -0.3 is 24.6 Å². The molecule has 168 valence electrons. The van der Waals surface area contributed by atoms with E-state index in [0.717, 1.165) is 15.6 Å². The number of carbonyl (C=O) groups is 1. The molecule has 0 aliphatic carbocycles. The molecule has 0 saturated carbocycles. The summed E-state index contributed by atoms with van der Waals surface area (Å²) in [6, 6.07) is 13.5. The van der Waals surface area contributed by atoms with E-state index in [1.54, 1.807) is 31.4 Å². The lowest BCUT2D eigenvalue weighted by atomic mass is 10.1. The first-order valence-electron chi connectivity index (χ1n) is 9.41. The molecule has 0 aliphatic rings. The van der Waals surface area contributed by atoms with E-state index < -0.39 is 5.97 Å². The molecule has 0 spiro atoms. The number of carboxylic acids is 1. The Hall–Kier alpha value is -2.61. The fraction of sp³-hybridized carbons (Fsp3) is 0.174. The summed E-state index contributed by atoms with van der Waals surface area (Å²) in [7, 11) is 3.08. The molecule has 3 aromatic rings. The number of hydrogen-bond donors (Lipinski definition) is 2. The standard InChI is InChI=1S/C23H20BrCl2NO5/c1-30-20-7-4-14(23(28)29)10-19(20)27-11-15-16(24)5-8-21(31-2)22(15)32-12-13-3-6-17(25)18(26)9-13/h3-10,27H,11-12H2,1-2H3,(H,28,29). The number of halogens is 3. The summed E-state index contributed by atoms with van der Waals surface area (Å²) < 4.78 is 17.8. The minimum absolute atomic E-state index is 0.147. The second-order valence-electron chi connectivity index (χ2n) is 6.67. The van der Waals surface area contributed by atoms with Gasteiger partial charge in [0.1, 0.15) is 12.4 Å². The summed E-state index contributed by atoms with van der Waals surface area (Å²) in [6.07, 6.45) is 0. The maximum atomic E-state index is 11.4. The van der Waals surface area contributed by atoms with Crippen molar-refractivity contribution < 1.29 is 24.1 Å². The molecular formula is C23H20BrCl2NO5. The highest BCUT2D eigenvalue weighted by molar-refractivity contribution is 9.10. The van der Waals surface area contributed by atoms with Crippen LogP contribution in [0.3, 0.4) is 0 Å². The summed E-state index contributed by atoms with van der Waals surface area (Å²) in [5, 5.41) is 13.4. The van der Waals surface area contributed by atoms with Gasteiger partial charge in [0, 0.05) is 16.6 Å². The predicted octanol–water partition coefficient (Wildman–Crippen LogP) is 6.66. The van der Waals surface area contributed by atoms with Gasteiger partial charge in [0.15, 0.2) is 11.5 Å².